The fourth-order valence-electron chi connectivity index (χ4n) is 3.59. The highest BCUT2D eigenvalue weighted by Crippen LogP contribution is 2.21. The third-order valence-electron chi connectivity index (χ3n) is 5.24. The van der Waals surface area contributed by atoms with E-state index < -0.39 is 10.0 Å². The quantitative estimate of drug-likeness (QED) is 0.527. The van der Waals surface area contributed by atoms with Crippen molar-refractivity contribution < 1.29 is 22.7 Å². The molecule has 2 aromatic carbocycles. The molecule has 1 aliphatic heterocycles. The van der Waals surface area contributed by atoms with E-state index in [1.165, 1.54) is 4.31 Å². The summed E-state index contributed by atoms with van der Waals surface area (Å²) in [5, 5.41) is 6.12. The van der Waals surface area contributed by atoms with Crippen LogP contribution >= 0.6 is 11.6 Å². The van der Waals surface area contributed by atoms with E-state index in [0.717, 1.165) is 19.1 Å². The molecule has 1 atom stereocenters. The van der Waals surface area contributed by atoms with Gasteiger partial charge in [-0.25, -0.2) is 8.42 Å². The number of nitrogens with zero attached hydrogens (tertiary/aromatic N) is 1. The Morgan fingerprint density at radius 2 is 1.88 bits per heavy atom. The summed E-state index contributed by atoms with van der Waals surface area (Å²) in [7, 11) is -3.52. The summed E-state index contributed by atoms with van der Waals surface area (Å²) < 4.78 is 31.2. The Kier molecular flexibility index (Phi) is 8.71. The van der Waals surface area contributed by atoms with Gasteiger partial charge in [-0.15, -0.1) is 0 Å². The Bertz CT molecular complexity index is 1070. The van der Waals surface area contributed by atoms with Gasteiger partial charge in [0.05, 0.1) is 29.3 Å². The predicted octanol–water partition coefficient (Wildman–Crippen LogP) is 3.43. The van der Waals surface area contributed by atoms with Crippen LogP contribution in [0.2, 0.25) is 5.02 Å². The Labute approximate surface area is 199 Å². The molecule has 33 heavy (non-hydrogen) atoms. The summed E-state index contributed by atoms with van der Waals surface area (Å²) in [5.74, 6) is -0.591. The highest BCUT2D eigenvalue weighted by atomic mass is 35.5. The van der Waals surface area contributed by atoms with Crippen molar-refractivity contribution >= 4 is 44.8 Å². The van der Waals surface area contributed by atoms with Crippen LogP contribution in [0.5, 0.6) is 0 Å². The number of rotatable bonds is 10. The van der Waals surface area contributed by atoms with Crippen molar-refractivity contribution in [2.75, 3.05) is 35.6 Å². The van der Waals surface area contributed by atoms with Crippen LogP contribution in [0.1, 0.15) is 36.0 Å². The van der Waals surface area contributed by atoms with Gasteiger partial charge in [0, 0.05) is 31.1 Å². The van der Waals surface area contributed by atoms with E-state index in [1.807, 2.05) is 0 Å². The molecule has 178 valence electrons. The second-order valence-corrected chi connectivity index (χ2v) is 10.2. The lowest BCUT2D eigenvalue weighted by Gasteiger charge is -2.22. The van der Waals surface area contributed by atoms with E-state index in [-0.39, 0.29) is 30.9 Å². The van der Waals surface area contributed by atoms with E-state index in [1.54, 1.807) is 48.5 Å². The maximum absolute atomic E-state index is 12.6. The predicted molar refractivity (Wildman–Crippen MR) is 129 cm³/mol. The van der Waals surface area contributed by atoms with Crippen molar-refractivity contribution in [2.24, 2.45) is 0 Å². The fraction of sp³-hybridized carbons (Fsp3) is 0.391. The molecule has 0 unspecified atom stereocenters. The highest BCUT2D eigenvalue weighted by Gasteiger charge is 2.20. The SMILES string of the molecule is CS(=O)(=O)N(CCCC(=O)Nc1ccccc1C(=O)NC[C@H]1CCCO1)c1ccc(Cl)cc1. The first-order chi connectivity index (χ1) is 15.7. The summed E-state index contributed by atoms with van der Waals surface area (Å²) in [6, 6.07) is 13.2. The molecule has 2 aromatic rings. The molecule has 0 aromatic heterocycles. The Morgan fingerprint density at radius 3 is 2.55 bits per heavy atom. The average Bonchev–Trinajstić information content (AvgIpc) is 3.29. The summed E-state index contributed by atoms with van der Waals surface area (Å²) in [6.45, 7) is 1.27. The number of carbonyl (C=O) groups is 2. The molecule has 0 saturated carbocycles. The first-order valence-electron chi connectivity index (χ1n) is 10.8. The molecule has 3 rings (SSSR count). The third-order valence-corrected chi connectivity index (χ3v) is 6.69. The number of para-hydroxylation sites is 1. The molecule has 2 amide bonds. The van der Waals surface area contributed by atoms with Gasteiger partial charge in [0.2, 0.25) is 15.9 Å². The normalized spacial score (nSPS) is 15.8. The van der Waals surface area contributed by atoms with Crippen LogP contribution < -0.4 is 14.9 Å². The number of hydrogen-bond donors (Lipinski definition) is 2. The van der Waals surface area contributed by atoms with Gasteiger partial charge in [0.15, 0.2) is 0 Å². The monoisotopic (exact) mass is 493 g/mol. The maximum Gasteiger partial charge on any atom is 0.253 e. The first kappa shape index (κ1) is 25.0. The second kappa shape index (κ2) is 11.5. The molecule has 0 spiro atoms. The molecule has 10 heteroatoms. The summed E-state index contributed by atoms with van der Waals surface area (Å²) in [4.78, 5) is 25.1. The van der Waals surface area contributed by atoms with Gasteiger partial charge in [-0.2, -0.15) is 0 Å². The molecule has 0 bridgehead atoms. The molecule has 2 N–H and O–H groups in total. The fourth-order valence-corrected chi connectivity index (χ4v) is 4.68. The molecule has 1 saturated heterocycles. The van der Waals surface area contributed by atoms with Crippen molar-refractivity contribution in [3.05, 3.63) is 59.1 Å². The maximum atomic E-state index is 12.6. The van der Waals surface area contributed by atoms with E-state index in [9.17, 15) is 18.0 Å². The van der Waals surface area contributed by atoms with Crippen molar-refractivity contribution in [1.29, 1.82) is 0 Å². The molecule has 0 aliphatic carbocycles. The van der Waals surface area contributed by atoms with Crippen LogP contribution in [0, 0.1) is 0 Å². The molecule has 1 fully saturated rings. The molecular weight excluding hydrogens is 466 g/mol. The van der Waals surface area contributed by atoms with E-state index in [2.05, 4.69) is 10.6 Å². The number of hydrogen-bond acceptors (Lipinski definition) is 5. The van der Waals surface area contributed by atoms with Crippen LogP contribution in [-0.2, 0) is 19.6 Å². The second-order valence-electron chi connectivity index (χ2n) is 7.85. The van der Waals surface area contributed by atoms with Gasteiger partial charge >= 0.3 is 0 Å². The molecule has 0 radical (unpaired) electrons. The molecule has 1 aliphatic rings. The number of amides is 2. The number of nitrogens with one attached hydrogen (secondary N) is 2. The Balaban J connectivity index is 1.56. The number of ether oxygens (including phenoxy) is 1. The van der Waals surface area contributed by atoms with Crippen molar-refractivity contribution in [2.45, 2.75) is 31.8 Å². The highest BCUT2D eigenvalue weighted by molar-refractivity contribution is 7.92. The Morgan fingerprint density at radius 1 is 1.15 bits per heavy atom. The van der Waals surface area contributed by atoms with Gasteiger partial charge in [0.1, 0.15) is 0 Å². The minimum Gasteiger partial charge on any atom is -0.376 e. The number of anilines is 2. The zero-order valence-electron chi connectivity index (χ0n) is 18.4. The summed E-state index contributed by atoms with van der Waals surface area (Å²) in [6.07, 6.45) is 3.43. The largest absolute Gasteiger partial charge is 0.376 e. The minimum absolute atomic E-state index is 0.0223. The van der Waals surface area contributed by atoms with Crippen LogP contribution in [0.3, 0.4) is 0 Å². The molecule has 1 heterocycles. The first-order valence-corrected chi connectivity index (χ1v) is 13.0. The lowest BCUT2D eigenvalue weighted by atomic mass is 10.1. The average molecular weight is 494 g/mol. The third kappa shape index (κ3) is 7.45. The number of sulfonamides is 1. The van der Waals surface area contributed by atoms with Crippen molar-refractivity contribution in [1.82, 2.24) is 5.32 Å². The van der Waals surface area contributed by atoms with Gasteiger partial charge in [-0.05, 0) is 55.7 Å². The van der Waals surface area contributed by atoms with Crippen LogP contribution in [0.4, 0.5) is 11.4 Å². The number of benzene rings is 2. The van der Waals surface area contributed by atoms with Crippen LogP contribution in [0.15, 0.2) is 48.5 Å². The lowest BCUT2D eigenvalue weighted by Crippen LogP contribution is -2.32. The summed E-state index contributed by atoms with van der Waals surface area (Å²) in [5.41, 5.74) is 1.25. The topological polar surface area (TPSA) is 105 Å². The van der Waals surface area contributed by atoms with Crippen molar-refractivity contribution in [3.8, 4) is 0 Å². The summed E-state index contributed by atoms with van der Waals surface area (Å²) >= 11 is 5.89. The van der Waals surface area contributed by atoms with E-state index in [4.69, 9.17) is 16.3 Å². The number of halogens is 1. The van der Waals surface area contributed by atoms with E-state index >= 15 is 0 Å². The minimum atomic E-state index is -3.52. The van der Waals surface area contributed by atoms with E-state index in [0.29, 0.717) is 41.5 Å². The lowest BCUT2D eigenvalue weighted by molar-refractivity contribution is -0.116. The van der Waals surface area contributed by atoms with Gasteiger partial charge in [-0.3, -0.25) is 13.9 Å². The van der Waals surface area contributed by atoms with Gasteiger partial charge in [-0.1, -0.05) is 23.7 Å². The molecular formula is C23H28ClN3O5S. The zero-order chi connectivity index (χ0) is 23.8. The Hall–Kier alpha value is -2.62. The smallest absolute Gasteiger partial charge is 0.253 e. The number of carbonyl (C=O) groups excluding carboxylic acids is 2. The molecule has 8 nitrogen and oxygen atoms in total. The van der Waals surface area contributed by atoms with Crippen LogP contribution in [-0.4, -0.2) is 52.3 Å². The van der Waals surface area contributed by atoms with Crippen LogP contribution in [0.25, 0.3) is 0 Å². The standard InChI is InChI=1S/C23H28ClN3O5S/c1-33(30,31)27(18-12-10-17(24)11-13-18)14-4-9-22(28)26-21-8-3-2-7-20(21)23(29)25-16-19-6-5-15-32-19/h2-3,7-8,10-13,19H,4-6,9,14-16H2,1H3,(H,25,29)(H,26,28)/t19-/m1/s1. The van der Waals surface area contributed by atoms with Crippen molar-refractivity contribution in [3.63, 3.8) is 0 Å². The van der Waals surface area contributed by atoms with Gasteiger partial charge in [0.25, 0.3) is 5.91 Å². The zero-order valence-corrected chi connectivity index (χ0v) is 20.0. The van der Waals surface area contributed by atoms with Gasteiger partial charge < -0.3 is 15.4 Å².